The van der Waals surface area contributed by atoms with Gasteiger partial charge in [0.2, 0.25) is 0 Å². The highest BCUT2D eigenvalue weighted by Crippen LogP contribution is 2.61. The van der Waals surface area contributed by atoms with Crippen LogP contribution in [0.5, 0.6) is 0 Å². The molecular formula is C21H29N3O2. The molecule has 3 amide bonds. The molecule has 4 saturated carbocycles. The van der Waals surface area contributed by atoms with Crippen molar-refractivity contribution in [3.05, 3.63) is 35.4 Å². The lowest BCUT2D eigenvalue weighted by Crippen LogP contribution is -2.55. The maximum Gasteiger partial charge on any atom is 0.312 e. The molecule has 0 aliphatic heterocycles. The number of primary amides is 1. The molecule has 0 heterocycles. The lowest BCUT2D eigenvalue weighted by atomic mass is 9.48. The Hall–Kier alpha value is -2.04. The Morgan fingerprint density at radius 3 is 2.12 bits per heavy atom. The highest BCUT2D eigenvalue weighted by molar-refractivity contribution is 5.94. The second-order valence-electron chi connectivity index (χ2n) is 8.89. The van der Waals surface area contributed by atoms with Crippen LogP contribution in [0.2, 0.25) is 0 Å². The number of rotatable bonds is 5. The van der Waals surface area contributed by atoms with Crippen molar-refractivity contribution < 1.29 is 9.59 Å². The van der Waals surface area contributed by atoms with Crippen molar-refractivity contribution in [1.29, 1.82) is 0 Å². The van der Waals surface area contributed by atoms with E-state index in [0.717, 1.165) is 23.3 Å². The molecule has 140 valence electrons. The number of nitrogens with two attached hydrogens (primary N) is 1. The van der Waals surface area contributed by atoms with Gasteiger partial charge < -0.3 is 16.4 Å². The third-order valence-corrected chi connectivity index (χ3v) is 7.03. The number of urea groups is 1. The summed E-state index contributed by atoms with van der Waals surface area (Å²) in [6, 6.07) is 7.04. The van der Waals surface area contributed by atoms with Crippen LogP contribution < -0.4 is 16.4 Å². The molecule has 1 atom stereocenters. The average Bonchev–Trinajstić information content (AvgIpc) is 2.59. The van der Waals surface area contributed by atoms with Crippen molar-refractivity contribution in [2.45, 2.75) is 58.0 Å². The van der Waals surface area contributed by atoms with E-state index in [1.165, 1.54) is 38.5 Å². The molecule has 26 heavy (non-hydrogen) atoms. The molecule has 4 N–H and O–H groups in total. The maximum absolute atomic E-state index is 12.7. The van der Waals surface area contributed by atoms with Crippen molar-refractivity contribution in [1.82, 2.24) is 10.6 Å². The minimum Gasteiger partial charge on any atom is -0.352 e. The van der Waals surface area contributed by atoms with Crippen LogP contribution in [0.15, 0.2) is 24.3 Å². The highest BCUT2D eigenvalue weighted by atomic mass is 16.2. The van der Waals surface area contributed by atoms with E-state index in [4.69, 9.17) is 5.73 Å². The summed E-state index contributed by atoms with van der Waals surface area (Å²) in [7, 11) is 0. The van der Waals surface area contributed by atoms with Crippen molar-refractivity contribution in [3.63, 3.8) is 0 Å². The fraction of sp³-hybridized carbons (Fsp3) is 0.619. The average molecular weight is 355 g/mol. The monoisotopic (exact) mass is 355 g/mol. The first kappa shape index (κ1) is 17.4. The van der Waals surface area contributed by atoms with Gasteiger partial charge in [0, 0.05) is 18.2 Å². The molecular weight excluding hydrogens is 326 g/mol. The fourth-order valence-electron chi connectivity index (χ4n) is 6.10. The van der Waals surface area contributed by atoms with Gasteiger partial charge >= 0.3 is 6.03 Å². The number of hydrogen-bond donors (Lipinski definition) is 3. The number of benzene rings is 1. The lowest BCUT2D eigenvalue weighted by molar-refractivity contribution is -0.0688. The van der Waals surface area contributed by atoms with Gasteiger partial charge in [0.1, 0.15) is 0 Å². The molecule has 0 aromatic heterocycles. The predicted octanol–water partition coefficient (Wildman–Crippen LogP) is 3.19. The molecule has 0 saturated heterocycles. The Bertz CT molecular complexity index is 662. The van der Waals surface area contributed by atoms with Gasteiger partial charge in [0.05, 0.1) is 0 Å². The van der Waals surface area contributed by atoms with E-state index in [-0.39, 0.29) is 11.9 Å². The van der Waals surface area contributed by atoms with Crippen molar-refractivity contribution >= 4 is 11.9 Å². The smallest absolute Gasteiger partial charge is 0.312 e. The minimum atomic E-state index is -0.545. The normalized spacial score (nSPS) is 32.9. The summed E-state index contributed by atoms with van der Waals surface area (Å²) in [5.41, 5.74) is 6.99. The molecule has 1 aromatic carbocycles. The number of carbonyl (C=O) groups is 2. The molecule has 4 aliphatic carbocycles. The Labute approximate surface area is 155 Å². The van der Waals surface area contributed by atoms with Gasteiger partial charge in [-0.25, -0.2) is 4.79 Å². The Balaban J connectivity index is 1.39. The molecule has 0 spiro atoms. The Morgan fingerprint density at radius 2 is 1.62 bits per heavy atom. The topological polar surface area (TPSA) is 84.2 Å². The Morgan fingerprint density at radius 1 is 1.08 bits per heavy atom. The van der Waals surface area contributed by atoms with Crippen molar-refractivity contribution in [3.8, 4) is 0 Å². The number of amides is 3. The van der Waals surface area contributed by atoms with Crippen molar-refractivity contribution in [2.75, 3.05) is 0 Å². The van der Waals surface area contributed by atoms with Crippen LogP contribution >= 0.6 is 0 Å². The van der Waals surface area contributed by atoms with Crippen LogP contribution in [0.4, 0.5) is 4.79 Å². The van der Waals surface area contributed by atoms with E-state index < -0.39 is 6.03 Å². The van der Waals surface area contributed by atoms with Crippen LogP contribution in [0.25, 0.3) is 0 Å². The van der Waals surface area contributed by atoms with Gasteiger partial charge in [-0.3, -0.25) is 4.79 Å². The SMILES string of the molecule is CC(NC(=O)c1ccc(CNC(N)=O)cc1)C12CC3CC(CC(C3)C1)C2. The van der Waals surface area contributed by atoms with Gasteiger partial charge in [0.15, 0.2) is 0 Å². The third-order valence-electron chi connectivity index (χ3n) is 7.03. The number of carbonyl (C=O) groups excluding carboxylic acids is 2. The molecule has 0 radical (unpaired) electrons. The van der Waals surface area contributed by atoms with Crippen molar-refractivity contribution in [2.24, 2.45) is 28.9 Å². The summed E-state index contributed by atoms with van der Waals surface area (Å²) < 4.78 is 0. The van der Waals surface area contributed by atoms with Gasteiger partial charge in [0.25, 0.3) is 5.91 Å². The summed E-state index contributed by atoms with van der Waals surface area (Å²) in [6.45, 7) is 2.58. The van der Waals surface area contributed by atoms with Gasteiger partial charge in [-0.1, -0.05) is 12.1 Å². The first-order valence-corrected chi connectivity index (χ1v) is 9.86. The minimum absolute atomic E-state index is 0.00246. The lowest BCUT2D eigenvalue weighted by Gasteiger charge is -2.59. The van der Waals surface area contributed by atoms with Gasteiger partial charge in [-0.15, -0.1) is 0 Å². The largest absolute Gasteiger partial charge is 0.352 e. The molecule has 4 aliphatic rings. The highest BCUT2D eigenvalue weighted by Gasteiger charge is 2.53. The molecule has 4 bridgehead atoms. The molecule has 1 unspecified atom stereocenters. The van der Waals surface area contributed by atoms with Crippen LogP contribution in [0, 0.1) is 23.2 Å². The van der Waals surface area contributed by atoms with E-state index in [2.05, 4.69) is 17.6 Å². The van der Waals surface area contributed by atoms with Gasteiger partial charge in [-0.2, -0.15) is 0 Å². The zero-order valence-electron chi connectivity index (χ0n) is 15.5. The van der Waals surface area contributed by atoms with Gasteiger partial charge in [-0.05, 0) is 86.3 Å². The molecule has 5 rings (SSSR count). The number of nitrogens with one attached hydrogen (secondary N) is 2. The van der Waals surface area contributed by atoms with Crippen LogP contribution in [-0.4, -0.2) is 18.0 Å². The van der Waals surface area contributed by atoms with E-state index >= 15 is 0 Å². The fourth-order valence-corrected chi connectivity index (χ4v) is 6.10. The zero-order valence-corrected chi connectivity index (χ0v) is 15.5. The summed E-state index contributed by atoms with van der Waals surface area (Å²) in [5.74, 6) is 2.66. The van der Waals surface area contributed by atoms with E-state index in [0.29, 0.717) is 17.5 Å². The summed E-state index contributed by atoms with van der Waals surface area (Å²) in [5, 5.41) is 5.85. The standard InChI is InChI=1S/C21H29N3O2/c1-13(21-9-15-6-16(10-21)8-17(7-15)11-21)24-19(25)18-4-2-14(3-5-18)12-23-20(22)26/h2-5,13,15-17H,6-12H2,1H3,(H,24,25)(H3,22,23,26). The molecule has 1 aromatic rings. The predicted molar refractivity (Wildman–Crippen MR) is 100 cm³/mol. The molecule has 5 heteroatoms. The van der Waals surface area contributed by atoms with E-state index in [9.17, 15) is 9.59 Å². The molecule has 4 fully saturated rings. The Kier molecular flexibility index (Phi) is 4.41. The molecule has 5 nitrogen and oxygen atoms in total. The maximum atomic E-state index is 12.7. The first-order valence-electron chi connectivity index (χ1n) is 9.86. The summed E-state index contributed by atoms with van der Waals surface area (Å²) >= 11 is 0. The summed E-state index contributed by atoms with van der Waals surface area (Å²) in [4.78, 5) is 23.5. The van der Waals surface area contributed by atoms with Crippen LogP contribution in [0.3, 0.4) is 0 Å². The third kappa shape index (κ3) is 3.31. The second kappa shape index (κ2) is 6.60. The van der Waals surface area contributed by atoms with Crippen LogP contribution in [-0.2, 0) is 6.54 Å². The number of hydrogen-bond acceptors (Lipinski definition) is 2. The van der Waals surface area contributed by atoms with E-state index in [1.54, 1.807) is 0 Å². The van der Waals surface area contributed by atoms with E-state index in [1.807, 2.05) is 24.3 Å². The summed E-state index contributed by atoms with van der Waals surface area (Å²) in [6.07, 6.45) is 8.12. The van der Waals surface area contributed by atoms with Crippen LogP contribution in [0.1, 0.15) is 61.4 Å². The first-order chi connectivity index (χ1) is 12.4. The zero-order chi connectivity index (χ0) is 18.3. The second-order valence-corrected chi connectivity index (χ2v) is 8.89. The quantitative estimate of drug-likeness (QED) is 0.758.